The summed E-state index contributed by atoms with van der Waals surface area (Å²) in [4.78, 5) is 28.8. The highest BCUT2D eigenvalue weighted by Crippen LogP contribution is 2.38. The van der Waals surface area contributed by atoms with Gasteiger partial charge in [0.15, 0.2) is 0 Å². The minimum Gasteiger partial charge on any atom is -0.341 e. The fraction of sp³-hybridized carbons (Fsp3) is 0.762. The summed E-state index contributed by atoms with van der Waals surface area (Å²) in [6, 6.07) is 3.59. The number of likely N-dealkylation sites (tertiary alicyclic amines) is 2. The Balaban J connectivity index is 1.24. The number of carbonyl (C=O) groups is 1. The first-order valence-electron chi connectivity index (χ1n) is 10.8. The summed E-state index contributed by atoms with van der Waals surface area (Å²) in [6.45, 7) is 5.65. The first-order valence-corrected chi connectivity index (χ1v) is 10.8. The van der Waals surface area contributed by atoms with Crippen molar-refractivity contribution in [3.8, 4) is 0 Å². The second-order valence-electron chi connectivity index (χ2n) is 8.53. The smallest absolute Gasteiger partial charge is 0.266 e. The monoisotopic (exact) mass is 372 g/mol. The maximum atomic E-state index is 12.1. The van der Waals surface area contributed by atoms with Gasteiger partial charge >= 0.3 is 0 Å². The quantitative estimate of drug-likeness (QED) is 0.768. The number of nitrogens with zero attached hydrogens (tertiary/aromatic N) is 4. The van der Waals surface area contributed by atoms with Crippen LogP contribution < -0.4 is 5.56 Å². The maximum Gasteiger partial charge on any atom is 0.266 e. The van der Waals surface area contributed by atoms with Gasteiger partial charge in [-0.3, -0.25) is 9.59 Å². The summed E-state index contributed by atoms with van der Waals surface area (Å²) in [7, 11) is 0. The molecule has 1 aliphatic carbocycles. The van der Waals surface area contributed by atoms with E-state index in [9.17, 15) is 9.59 Å². The Bertz CT molecular complexity index is 704. The molecule has 2 saturated heterocycles. The first kappa shape index (κ1) is 18.7. The molecule has 1 aromatic rings. The van der Waals surface area contributed by atoms with E-state index in [0.29, 0.717) is 17.7 Å². The molecule has 0 radical (unpaired) electrons. The minimum absolute atomic E-state index is 0.0292. The van der Waals surface area contributed by atoms with Crippen molar-refractivity contribution in [1.29, 1.82) is 0 Å². The zero-order valence-electron chi connectivity index (χ0n) is 16.3. The molecule has 3 heterocycles. The third kappa shape index (κ3) is 4.98. The van der Waals surface area contributed by atoms with Crippen LogP contribution in [0.15, 0.2) is 16.9 Å². The molecule has 6 heteroatoms. The lowest BCUT2D eigenvalue weighted by atomic mass is 9.97. The van der Waals surface area contributed by atoms with E-state index in [2.05, 4.69) is 14.9 Å². The summed E-state index contributed by atoms with van der Waals surface area (Å²) in [5.74, 6) is 1.45. The van der Waals surface area contributed by atoms with Crippen molar-refractivity contribution in [3.63, 3.8) is 0 Å². The third-order valence-electron chi connectivity index (χ3n) is 6.38. The second-order valence-corrected chi connectivity index (χ2v) is 8.53. The van der Waals surface area contributed by atoms with Gasteiger partial charge in [0.1, 0.15) is 0 Å². The van der Waals surface area contributed by atoms with Gasteiger partial charge in [0.25, 0.3) is 5.56 Å². The van der Waals surface area contributed by atoms with Crippen LogP contribution in [0.2, 0.25) is 0 Å². The van der Waals surface area contributed by atoms with E-state index >= 15 is 0 Å². The van der Waals surface area contributed by atoms with Crippen LogP contribution >= 0.6 is 0 Å². The van der Waals surface area contributed by atoms with E-state index in [4.69, 9.17) is 0 Å². The third-order valence-corrected chi connectivity index (χ3v) is 6.38. The number of piperidine rings is 1. The lowest BCUT2D eigenvalue weighted by Crippen LogP contribution is -2.42. The standard InChI is InChI=1S/C21H32N4O2/c26-20-4-2-1-3-11-24(20)15-14-23-12-9-17(10-13-23)16-25-21(27)8-7-19(22-25)18-5-6-18/h7-8,17-18H,1-6,9-16H2. The molecule has 0 unspecified atom stereocenters. The molecule has 3 aliphatic rings. The van der Waals surface area contributed by atoms with Gasteiger partial charge in [0, 0.05) is 44.6 Å². The zero-order valence-corrected chi connectivity index (χ0v) is 16.3. The Labute approximate surface area is 161 Å². The Morgan fingerprint density at radius 1 is 0.926 bits per heavy atom. The van der Waals surface area contributed by atoms with Gasteiger partial charge in [-0.1, -0.05) is 6.42 Å². The molecule has 4 rings (SSSR count). The van der Waals surface area contributed by atoms with Gasteiger partial charge in [-0.05, 0) is 63.6 Å². The molecule has 3 fully saturated rings. The number of hydrogen-bond donors (Lipinski definition) is 0. The van der Waals surface area contributed by atoms with Crippen LogP contribution in [0.5, 0.6) is 0 Å². The van der Waals surface area contributed by atoms with Crippen molar-refractivity contribution in [3.05, 3.63) is 28.2 Å². The highest BCUT2D eigenvalue weighted by molar-refractivity contribution is 5.76. The van der Waals surface area contributed by atoms with Crippen LogP contribution in [-0.2, 0) is 11.3 Å². The molecule has 1 aromatic heterocycles. The number of aromatic nitrogens is 2. The van der Waals surface area contributed by atoms with Crippen LogP contribution in [0.25, 0.3) is 0 Å². The molecule has 0 atom stereocenters. The van der Waals surface area contributed by atoms with Crippen LogP contribution in [0.3, 0.4) is 0 Å². The van der Waals surface area contributed by atoms with Crippen LogP contribution in [0.1, 0.15) is 63.0 Å². The van der Waals surface area contributed by atoms with Gasteiger partial charge in [-0.15, -0.1) is 0 Å². The number of carbonyl (C=O) groups excluding carboxylic acids is 1. The molecule has 0 spiro atoms. The van der Waals surface area contributed by atoms with Gasteiger partial charge < -0.3 is 9.80 Å². The average molecular weight is 373 g/mol. The molecule has 1 amide bonds. The predicted molar refractivity (Wildman–Crippen MR) is 105 cm³/mol. The van der Waals surface area contributed by atoms with Crippen LogP contribution in [0, 0.1) is 5.92 Å². The van der Waals surface area contributed by atoms with Crippen LogP contribution in [-0.4, -0.2) is 58.2 Å². The van der Waals surface area contributed by atoms with E-state index in [-0.39, 0.29) is 5.56 Å². The van der Waals surface area contributed by atoms with E-state index in [1.807, 2.05) is 6.07 Å². The normalized spacial score (nSPS) is 22.8. The van der Waals surface area contributed by atoms with E-state index in [1.54, 1.807) is 10.7 Å². The van der Waals surface area contributed by atoms with Gasteiger partial charge in [-0.25, -0.2) is 4.68 Å². The van der Waals surface area contributed by atoms with Gasteiger partial charge in [0.05, 0.1) is 5.69 Å². The molecule has 0 N–H and O–H groups in total. The van der Waals surface area contributed by atoms with Gasteiger partial charge in [-0.2, -0.15) is 5.10 Å². The molecule has 1 saturated carbocycles. The lowest BCUT2D eigenvalue weighted by molar-refractivity contribution is -0.130. The Kier molecular flexibility index (Phi) is 5.91. The SMILES string of the molecule is O=C1CCCCCN1CCN1CCC(Cn2nc(C3CC3)ccc2=O)CC1. The van der Waals surface area contributed by atoms with Crippen molar-refractivity contribution >= 4 is 5.91 Å². The summed E-state index contributed by atoms with van der Waals surface area (Å²) < 4.78 is 1.70. The molecule has 0 bridgehead atoms. The highest BCUT2D eigenvalue weighted by Gasteiger charge is 2.26. The van der Waals surface area contributed by atoms with E-state index in [0.717, 1.165) is 77.1 Å². The Morgan fingerprint density at radius 3 is 2.52 bits per heavy atom. The minimum atomic E-state index is 0.0292. The topological polar surface area (TPSA) is 58.4 Å². The number of hydrogen-bond acceptors (Lipinski definition) is 4. The molecule has 6 nitrogen and oxygen atoms in total. The second kappa shape index (κ2) is 8.55. The predicted octanol–water partition coefficient (Wildman–Crippen LogP) is 2.24. The number of rotatable bonds is 6. The highest BCUT2D eigenvalue weighted by atomic mass is 16.2. The molecule has 27 heavy (non-hydrogen) atoms. The molecule has 148 valence electrons. The summed E-state index contributed by atoms with van der Waals surface area (Å²) >= 11 is 0. The Morgan fingerprint density at radius 2 is 1.74 bits per heavy atom. The average Bonchev–Trinajstić information content (AvgIpc) is 3.52. The Hall–Kier alpha value is -1.69. The van der Waals surface area contributed by atoms with Crippen molar-refractivity contribution < 1.29 is 4.79 Å². The molecule has 2 aliphatic heterocycles. The zero-order chi connectivity index (χ0) is 18.6. The fourth-order valence-electron chi connectivity index (χ4n) is 4.37. The summed E-state index contributed by atoms with van der Waals surface area (Å²) in [5.41, 5.74) is 1.12. The first-order chi connectivity index (χ1) is 13.2. The lowest BCUT2D eigenvalue weighted by Gasteiger charge is -2.33. The summed E-state index contributed by atoms with van der Waals surface area (Å²) in [5, 5.41) is 4.61. The molecular formula is C21H32N4O2. The number of amides is 1. The van der Waals surface area contributed by atoms with E-state index < -0.39 is 0 Å². The largest absolute Gasteiger partial charge is 0.341 e. The van der Waals surface area contributed by atoms with Crippen molar-refractivity contribution in [2.45, 2.75) is 63.8 Å². The summed E-state index contributed by atoms with van der Waals surface area (Å²) in [6.07, 6.45) is 8.75. The fourth-order valence-corrected chi connectivity index (χ4v) is 4.37. The molecule has 0 aromatic carbocycles. The van der Waals surface area contributed by atoms with Crippen LogP contribution in [0.4, 0.5) is 0 Å². The van der Waals surface area contributed by atoms with Crippen molar-refractivity contribution in [2.75, 3.05) is 32.7 Å². The molecular weight excluding hydrogens is 340 g/mol. The van der Waals surface area contributed by atoms with Crippen molar-refractivity contribution in [2.24, 2.45) is 5.92 Å². The van der Waals surface area contributed by atoms with Gasteiger partial charge in [0.2, 0.25) is 5.91 Å². The van der Waals surface area contributed by atoms with Crippen molar-refractivity contribution in [1.82, 2.24) is 19.6 Å². The van der Waals surface area contributed by atoms with E-state index in [1.165, 1.54) is 19.3 Å². The maximum absolute atomic E-state index is 12.1.